The number of nitrogens with zero attached hydrogens (tertiary/aromatic N) is 2. The van der Waals surface area contributed by atoms with Crippen LogP contribution in [0.2, 0.25) is 0 Å². The van der Waals surface area contributed by atoms with Crippen molar-refractivity contribution in [1.29, 1.82) is 0 Å². The van der Waals surface area contributed by atoms with Crippen molar-refractivity contribution in [3.8, 4) is 0 Å². The first kappa shape index (κ1) is 13.0. The van der Waals surface area contributed by atoms with Crippen LogP contribution in [0.25, 0.3) is 0 Å². The van der Waals surface area contributed by atoms with Crippen molar-refractivity contribution in [2.45, 2.75) is 13.8 Å². The molecule has 0 saturated carbocycles. The van der Waals surface area contributed by atoms with E-state index in [1.807, 2.05) is 38.1 Å². The second-order valence-electron chi connectivity index (χ2n) is 4.16. The van der Waals surface area contributed by atoms with Crippen LogP contribution in [0.5, 0.6) is 0 Å². The van der Waals surface area contributed by atoms with E-state index in [2.05, 4.69) is 20.8 Å². The molecule has 0 atom stereocenters. The van der Waals surface area contributed by atoms with Gasteiger partial charge in [0.05, 0.1) is 0 Å². The Morgan fingerprint density at radius 3 is 2.68 bits per heavy atom. The fourth-order valence-electron chi connectivity index (χ4n) is 1.65. The Morgan fingerprint density at radius 2 is 2.05 bits per heavy atom. The van der Waals surface area contributed by atoms with Gasteiger partial charge in [-0.15, -0.1) is 10.2 Å². The Bertz CT molecular complexity index is 566. The highest BCUT2D eigenvalue weighted by Crippen LogP contribution is 2.11. The molecular formula is C14H16N4O. The number of hydrogen-bond donors (Lipinski definition) is 2. The number of carbonyl (C=O) groups is 1. The van der Waals surface area contributed by atoms with Gasteiger partial charge >= 0.3 is 0 Å². The Labute approximate surface area is 112 Å². The number of hydrogen-bond acceptors (Lipinski definition) is 4. The minimum absolute atomic E-state index is 0.263. The van der Waals surface area contributed by atoms with Gasteiger partial charge < -0.3 is 10.6 Å². The van der Waals surface area contributed by atoms with Gasteiger partial charge in [-0.3, -0.25) is 4.79 Å². The molecule has 1 aromatic heterocycles. The Kier molecular flexibility index (Phi) is 4.07. The zero-order valence-electron chi connectivity index (χ0n) is 11.0. The Balaban J connectivity index is 2.07. The van der Waals surface area contributed by atoms with Gasteiger partial charge in [-0.1, -0.05) is 12.1 Å². The van der Waals surface area contributed by atoms with Crippen LogP contribution in [0.3, 0.4) is 0 Å². The summed E-state index contributed by atoms with van der Waals surface area (Å²) in [4.78, 5) is 12.0. The van der Waals surface area contributed by atoms with Crippen LogP contribution in [0.4, 0.5) is 11.5 Å². The van der Waals surface area contributed by atoms with Crippen LogP contribution in [-0.4, -0.2) is 22.6 Å². The lowest BCUT2D eigenvalue weighted by atomic mass is 10.2. The molecule has 19 heavy (non-hydrogen) atoms. The summed E-state index contributed by atoms with van der Waals surface area (Å²) in [5.74, 6) is 0.399. The lowest BCUT2D eigenvalue weighted by molar-refractivity contribution is 0.102. The summed E-state index contributed by atoms with van der Waals surface area (Å²) in [5.41, 5.74) is 2.14. The maximum absolute atomic E-state index is 12.0. The van der Waals surface area contributed by atoms with E-state index in [9.17, 15) is 4.79 Å². The molecule has 1 aromatic carbocycles. The maximum Gasteiger partial charge on any atom is 0.276 e. The van der Waals surface area contributed by atoms with Gasteiger partial charge in [-0.05, 0) is 43.7 Å². The molecule has 2 rings (SSSR count). The van der Waals surface area contributed by atoms with E-state index in [4.69, 9.17) is 0 Å². The number of anilines is 2. The van der Waals surface area contributed by atoms with E-state index in [1.165, 1.54) is 0 Å². The van der Waals surface area contributed by atoms with Gasteiger partial charge in [-0.2, -0.15) is 0 Å². The minimum Gasteiger partial charge on any atom is -0.369 e. The summed E-state index contributed by atoms with van der Waals surface area (Å²) >= 11 is 0. The standard InChI is InChI=1S/C14H16N4O/c1-3-15-13-8-7-12(17-18-13)14(19)16-11-6-4-5-10(2)9-11/h4-9H,3H2,1-2H3,(H,15,18)(H,16,19). The number of benzene rings is 1. The van der Waals surface area contributed by atoms with Crippen LogP contribution in [-0.2, 0) is 0 Å². The number of carbonyl (C=O) groups excluding carboxylic acids is 1. The number of nitrogens with one attached hydrogen (secondary N) is 2. The van der Waals surface area contributed by atoms with Crippen LogP contribution < -0.4 is 10.6 Å². The summed E-state index contributed by atoms with van der Waals surface area (Å²) in [7, 11) is 0. The normalized spacial score (nSPS) is 10.0. The average Bonchev–Trinajstić information content (AvgIpc) is 2.40. The molecule has 0 unspecified atom stereocenters. The zero-order valence-corrected chi connectivity index (χ0v) is 11.0. The average molecular weight is 256 g/mol. The molecule has 5 nitrogen and oxygen atoms in total. The second-order valence-corrected chi connectivity index (χ2v) is 4.16. The second kappa shape index (κ2) is 5.95. The first-order valence-corrected chi connectivity index (χ1v) is 6.14. The Hall–Kier alpha value is -2.43. The van der Waals surface area contributed by atoms with Crippen LogP contribution in [0.15, 0.2) is 36.4 Å². The number of rotatable bonds is 4. The third kappa shape index (κ3) is 3.51. The van der Waals surface area contributed by atoms with Crippen molar-refractivity contribution in [2.24, 2.45) is 0 Å². The fourth-order valence-corrected chi connectivity index (χ4v) is 1.65. The molecule has 0 aliphatic carbocycles. The third-order valence-corrected chi connectivity index (χ3v) is 2.53. The summed E-state index contributed by atoms with van der Waals surface area (Å²) in [5, 5.41) is 13.6. The van der Waals surface area contributed by atoms with Gasteiger partial charge in [0.1, 0.15) is 5.82 Å². The fraction of sp³-hybridized carbons (Fsp3) is 0.214. The molecule has 0 bridgehead atoms. The van der Waals surface area contributed by atoms with E-state index < -0.39 is 0 Å². The zero-order chi connectivity index (χ0) is 13.7. The monoisotopic (exact) mass is 256 g/mol. The van der Waals surface area contributed by atoms with E-state index >= 15 is 0 Å². The predicted molar refractivity (Wildman–Crippen MR) is 75.3 cm³/mol. The van der Waals surface area contributed by atoms with E-state index in [0.29, 0.717) is 11.5 Å². The highest BCUT2D eigenvalue weighted by molar-refractivity contribution is 6.02. The molecule has 0 aliphatic rings. The number of amides is 1. The molecule has 0 fully saturated rings. The van der Waals surface area contributed by atoms with Gasteiger partial charge in [-0.25, -0.2) is 0 Å². The molecule has 1 amide bonds. The summed E-state index contributed by atoms with van der Waals surface area (Å²) in [6.45, 7) is 4.71. The molecular weight excluding hydrogens is 240 g/mol. The highest BCUT2D eigenvalue weighted by atomic mass is 16.1. The third-order valence-electron chi connectivity index (χ3n) is 2.53. The van der Waals surface area contributed by atoms with Gasteiger partial charge in [0.15, 0.2) is 5.69 Å². The summed E-state index contributed by atoms with van der Waals surface area (Å²) in [6.07, 6.45) is 0. The molecule has 2 N–H and O–H groups in total. The van der Waals surface area contributed by atoms with Gasteiger partial charge in [0.2, 0.25) is 0 Å². The van der Waals surface area contributed by atoms with Crippen molar-refractivity contribution >= 4 is 17.4 Å². The van der Waals surface area contributed by atoms with Crippen LogP contribution in [0.1, 0.15) is 23.0 Å². The summed E-state index contributed by atoms with van der Waals surface area (Å²) in [6, 6.07) is 11.0. The largest absolute Gasteiger partial charge is 0.369 e. The molecule has 0 spiro atoms. The quantitative estimate of drug-likeness (QED) is 0.881. The molecule has 0 saturated heterocycles. The smallest absolute Gasteiger partial charge is 0.276 e. The van der Waals surface area contributed by atoms with Crippen LogP contribution >= 0.6 is 0 Å². The summed E-state index contributed by atoms with van der Waals surface area (Å²) < 4.78 is 0. The lowest BCUT2D eigenvalue weighted by Crippen LogP contribution is -2.14. The number of aromatic nitrogens is 2. The topological polar surface area (TPSA) is 66.9 Å². The van der Waals surface area contributed by atoms with Gasteiger partial charge in [0.25, 0.3) is 5.91 Å². The molecule has 98 valence electrons. The van der Waals surface area contributed by atoms with Crippen molar-refractivity contribution in [3.05, 3.63) is 47.7 Å². The first-order valence-electron chi connectivity index (χ1n) is 6.14. The van der Waals surface area contributed by atoms with Crippen molar-refractivity contribution in [2.75, 3.05) is 17.2 Å². The van der Waals surface area contributed by atoms with E-state index in [-0.39, 0.29) is 5.91 Å². The van der Waals surface area contributed by atoms with Crippen molar-refractivity contribution in [1.82, 2.24) is 10.2 Å². The molecule has 5 heteroatoms. The molecule has 1 heterocycles. The van der Waals surface area contributed by atoms with Gasteiger partial charge in [0, 0.05) is 12.2 Å². The lowest BCUT2D eigenvalue weighted by Gasteiger charge is -2.06. The Morgan fingerprint density at radius 1 is 1.21 bits per heavy atom. The highest BCUT2D eigenvalue weighted by Gasteiger charge is 2.08. The molecule has 2 aromatic rings. The van der Waals surface area contributed by atoms with E-state index in [0.717, 1.165) is 17.8 Å². The van der Waals surface area contributed by atoms with Crippen molar-refractivity contribution < 1.29 is 4.79 Å². The maximum atomic E-state index is 12.0. The minimum atomic E-state index is -0.263. The SMILES string of the molecule is CCNc1ccc(C(=O)Nc2cccc(C)c2)nn1. The number of aryl methyl sites for hydroxylation is 1. The van der Waals surface area contributed by atoms with Crippen LogP contribution in [0, 0.1) is 6.92 Å². The predicted octanol–water partition coefficient (Wildman–Crippen LogP) is 2.47. The molecule has 0 radical (unpaired) electrons. The molecule has 0 aliphatic heterocycles. The van der Waals surface area contributed by atoms with E-state index in [1.54, 1.807) is 12.1 Å². The first-order chi connectivity index (χ1) is 9.19. The van der Waals surface area contributed by atoms with Crippen molar-refractivity contribution in [3.63, 3.8) is 0 Å².